The Labute approximate surface area is 119 Å². The number of anilines is 1. The lowest BCUT2D eigenvalue weighted by Crippen LogP contribution is -2.29. The van der Waals surface area contributed by atoms with E-state index < -0.39 is 0 Å². The third kappa shape index (κ3) is 4.01. The lowest BCUT2D eigenvalue weighted by molar-refractivity contribution is -0.117. The summed E-state index contributed by atoms with van der Waals surface area (Å²) in [6.07, 6.45) is 1.52. The molecule has 4 nitrogen and oxygen atoms in total. The highest BCUT2D eigenvalue weighted by Crippen LogP contribution is 2.29. The first-order valence-corrected chi connectivity index (χ1v) is 7.70. The molecule has 0 saturated heterocycles. The molecule has 2 rings (SSSR count). The standard InChI is InChI=1S/C14H23N3OS/c1-5-17-7-6-10-11(9-17)19-13(15-10)16-12(18)8-14(2,3)4/h5-9H2,1-4H3,(H,15,16,18). The fourth-order valence-corrected chi connectivity index (χ4v) is 3.28. The predicted octanol–water partition coefficient (Wildman–Crippen LogP) is 2.90. The molecule has 1 N–H and O–H groups in total. The summed E-state index contributed by atoms with van der Waals surface area (Å²) in [5.74, 6) is 0.0611. The molecule has 1 amide bonds. The van der Waals surface area contributed by atoms with Crippen molar-refractivity contribution >= 4 is 22.4 Å². The van der Waals surface area contributed by atoms with Crippen molar-refractivity contribution in [3.8, 4) is 0 Å². The molecular weight excluding hydrogens is 258 g/mol. The zero-order valence-corrected chi connectivity index (χ0v) is 13.1. The fourth-order valence-electron chi connectivity index (χ4n) is 2.22. The van der Waals surface area contributed by atoms with Gasteiger partial charge in [0.05, 0.1) is 5.69 Å². The Morgan fingerprint density at radius 2 is 2.21 bits per heavy atom. The third-order valence-corrected chi connectivity index (χ3v) is 4.19. The van der Waals surface area contributed by atoms with E-state index in [-0.39, 0.29) is 11.3 Å². The van der Waals surface area contributed by atoms with Gasteiger partial charge in [-0.2, -0.15) is 0 Å². The van der Waals surface area contributed by atoms with E-state index in [4.69, 9.17) is 0 Å². The average molecular weight is 281 g/mol. The van der Waals surface area contributed by atoms with Gasteiger partial charge in [0.15, 0.2) is 5.13 Å². The molecule has 0 bridgehead atoms. The van der Waals surface area contributed by atoms with E-state index >= 15 is 0 Å². The van der Waals surface area contributed by atoms with Crippen LogP contribution >= 0.6 is 11.3 Å². The Morgan fingerprint density at radius 3 is 2.84 bits per heavy atom. The highest BCUT2D eigenvalue weighted by molar-refractivity contribution is 7.15. The maximum Gasteiger partial charge on any atom is 0.226 e. The van der Waals surface area contributed by atoms with Crippen molar-refractivity contribution < 1.29 is 4.79 Å². The van der Waals surface area contributed by atoms with Crippen LogP contribution in [0, 0.1) is 5.41 Å². The highest BCUT2D eigenvalue weighted by atomic mass is 32.1. The van der Waals surface area contributed by atoms with Crippen LogP contribution in [0.15, 0.2) is 0 Å². The summed E-state index contributed by atoms with van der Waals surface area (Å²) in [6.45, 7) is 11.5. The van der Waals surface area contributed by atoms with E-state index in [0.717, 1.165) is 31.2 Å². The molecule has 0 saturated carbocycles. The number of thiazole rings is 1. The lowest BCUT2D eigenvalue weighted by atomic mass is 9.92. The van der Waals surface area contributed by atoms with Crippen LogP contribution in [-0.2, 0) is 17.8 Å². The minimum atomic E-state index is 0.0139. The monoisotopic (exact) mass is 281 g/mol. The number of rotatable bonds is 3. The van der Waals surface area contributed by atoms with Gasteiger partial charge in [-0.1, -0.05) is 27.7 Å². The van der Waals surface area contributed by atoms with Crippen LogP contribution in [0.3, 0.4) is 0 Å². The molecule has 0 aromatic carbocycles. The van der Waals surface area contributed by atoms with Crippen molar-refractivity contribution in [1.29, 1.82) is 0 Å². The van der Waals surface area contributed by atoms with Gasteiger partial charge in [0.25, 0.3) is 0 Å². The molecule has 0 unspecified atom stereocenters. The van der Waals surface area contributed by atoms with Gasteiger partial charge in [0.1, 0.15) is 0 Å². The molecule has 0 fully saturated rings. The number of carbonyl (C=O) groups is 1. The van der Waals surface area contributed by atoms with Crippen LogP contribution in [0.5, 0.6) is 0 Å². The summed E-state index contributed by atoms with van der Waals surface area (Å²) < 4.78 is 0. The minimum absolute atomic E-state index is 0.0139. The van der Waals surface area contributed by atoms with Crippen molar-refractivity contribution in [2.24, 2.45) is 5.41 Å². The van der Waals surface area contributed by atoms with E-state index in [1.54, 1.807) is 11.3 Å². The molecule has 0 aliphatic carbocycles. The zero-order valence-electron chi connectivity index (χ0n) is 12.2. The molecule has 0 atom stereocenters. The minimum Gasteiger partial charge on any atom is -0.302 e. The number of fused-ring (bicyclic) bond motifs is 1. The number of nitrogens with one attached hydrogen (secondary N) is 1. The molecule has 1 aromatic heterocycles. The Morgan fingerprint density at radius 1 is 1.47 bits per heavy atom. The second-order valence-corrected chi connectivity index (χ2v) is 7.38. The number of likely N-dealkylation sites (N-methyl/N-ethyl adjacent to an activating group) is 1. The normalized spacial score (nSPS) is 16.2. The first-order valence-electron chi connectivity index (χ1n) is 6.88. The number of hydrogen-bond donors (Lipinski definition) is 1. The maximum absolute atomic E-state index is 11.9. The zero-order chi connectivity index (χ0) is 14.0. The molecular formula is C14H23N3OS. The van der Waals surface area contributed by atoms with E-state index in [0.29, 0.717) is 6.42 Å². The van der Waals surface area contributed by atoms with Crippen molar-refractivity contribution in [2.45, 2.75) is 47.1 Å². The molecule has 5 heteroatoms. The van der Waals surface area contributed by atoms with Gasteiger partial charge in [0.2, 0.25) is 5.91 Å². The van der Waals surface area contributed by atoms with Gasteiger partial charge in [-0.05, 0) is 12.0 Å². The van der Waals surface area contributed by atoms with E-state index in [9.17, 15) is 4.79 Å². The molecule has 0 spiro atoms. The summed E-state index contributed by atoms with van der Waals surface area (Å²) in [4.78, 5) is 20.2. The van der Waals surface area contributed by atoms with Crippen molar-refractivity contribution in [3.05, 3.63) is 10.6 Å². The fraction of sp³-hybridized carbons (Fsp3) is 0.714. The number of carbonyl (C=O) groups excluding carboxylic acids is 1. The van der Waals surface area contributed by atoms with E-state index in [1.807, 2.05) is 0 Å². The van der Waals surface area contributed by atoms with E-state index in [2.05, 4.69) is 42.9 Å². The molecule has 1 aliphatic heterocycles. The summed E-state index contributed by atoms with van der Waals surface area (Å²) in [5.41, 5.74) is 1.18. The Hall–Kier alpha value is -0.940. The first-order chi connectivity index (χ1) is 8.87. The second kappa shape index (κ2) is 5.59. The van der Waals surface area contributed by atoms with Crippen LogP contribution in [0.1, 0.15) is 44.7 Å². The number of hydrogen-bond acceptors (Lipinski definition) is 4. The quantitative estimate of drug-likeness (QED) is 0.926. The van der Waals surface area contributed by atoms with Crippen molar-refractivity contribution in [3.63, 3.8) is 0 Å². The second-order valence-electron chi connectivity index (χ2n) is 6.29. The first kappa shape index (κ1) is 14.5. The van der Waals surface area contributed by atoms with Crippen molar-refractivity contribution in [1.82, 2.24) is 9.88 Å². The molecule has 1 aromatic rings. The Balaban J connectivity index is 2.00. The Bertz CT molecular complexity index is 462. The topological polar surface area (TPSA) is 45.2 Å². The van der Waals surface area contributed by atoms with Crippen LogP contribution in [0.25, 0.3) is 0 Å². The molecule has 1 aliphatic rings. The molecule has 2 heterocycles. The third-order valence-electron chi connectivity index (χ3n) is 3.19. The van der Waals surface area contributed by atoms with Crippen LogP contribution in [0.4, 0.5) is 5.13 Å². The average Bonchev–Trinajstić information content (AvgIpc) is 2.66. The summed E-state index contributed by atoms with van der Waals surface area (Å²) in [7, 11) is 0. The van der Waals surface area contributed by atoms with Gasteiger partial charge < -0.3 is 5.32 Å². The van der Waals surface area contributed by atoms with Crippen LogP contribution in [-0.4, -0.2) is 28.9 Å². The molecule has 106 valence electrons. The van der Waals surface area contributed by atoms with Gasteiger partial charge in [0, 0.05) is 30.8 Å². The molecule has 19 heavy (non-hydrogen) atoms. The summed E-state index contributed by atoms with van der Waals surface area (Å²) in [6, 6.07) is 0. The summed E-state index contributed by atoms with van der Waals surface area (Å²) >= 11 is 1.62. The van der Waals surface area contributed by atoms with Crippen molar-refractivity contribution in [2.75, 3.05) is 18.4 Å². The number of amides is 1. The molecule has 0 radical (unpaired) electrons. The van der Waals surface area contributed by atoms with E-state index in [1.165, 1.54) is 10.6 Å². The lowest BCUT2D eigenvalue weighted by Gasteiger charge is -2.23. The Kier molecular flexibility index (Phi) is 4.26. The predicted molar refractivity (Wildman–Crippen MR) is 79.5 cm³/mol. The number of nitrogens with zero attached hydrogens (tertiary/aromatic N) is 2. The van der Waals surface area contributed by atoms with Crippen LogP contribution < -0.4 is 5.32 Å². The van der Waals surface area contributed by atoms with Gasteiger partial charge >= 0.3 is 0 Å². The SMILES string of the molecule is CCN1CCc2nc(NC(=O)CC(C)(C)C)sc2C1. The van der Waals surface area contributed by atoms with Gasteiger partial charge in [-0.15, -0.1) is 11.3 Å². The van der Waals surface area contributed by atoms with Crippen LogP contribution in [0.2, 0.25) is 0 Å². The largest absolute Gasteiger partial charge is 0.302 e. The maximum atomic E-state index is 11.9. The number of aromatic nitrogens is 1. The summed E-state index contributed by atoms with van der Waals surface area (Å²) in [5, 5.41) is 3.70. The van der Waals surface area contributed by atoms with Gasteiger partial charge in [-0.3, -0.25) is 9.69 Å². The smallest absolute Gasteiger partial charge is 0.226 e. The highest BCUT2D eigenvalue weighted by Gasteiger charge is 2.21. The van der Waals surface area contributed by atoms with Gasteiger partial charge in [-0.25, -0.2) is 4.98 Å².